The molecule has 0 aromatic rings. The van der Waals surface area contributed by atoms with Gasteiger partial charge in [-0.3, -0.25) is 0 Å². The van der Waals surface area contributed by atoms with Gasteiger partial charge in [0, 0.05) is 11.6 Å². The van der Waals surface area contributed by atoms with E-state index in [0.717, 1.165) is 19.1 Å². The fourth-order valence-electron chi connectivity index (χ4n) is 1.50. The molecular formula is C10H21BrO4S2. The zero-order valence-electron chi connectivity index (χ0n) is 10.6. The van der Waals surface area contributed by atoms with Gasteiger partial charge in [-0.05, 0) is 18.3 Å². The normalized spacial score (nSPS) is 13.9. The van der Waals surface area contributed by atoms with Crippen LogP contribution in [0.1, 0.15) is 26.7 Å². The molecule has 0 heterocycles. The summed E-state index contributed by atoms with van der Waals surface area (Å²) in [5, 5.41) is 0.616. The van der Waals surface area contributed by atoms with Gasteiger partial charge in [-0.2, -0.15) is 0 Å². The van der Waals surface area contributed by atoms with E-state index in [1.54, 1.807) is 0 Å². The van der Waals surface area contributed by atoms with Crippen molar-refractivity contribution >= 4 is 35.6 Å². The topological polar surface area (TPSA) is 68.3 Å². The highest BCUT2D eigenvalue weighted by atomic mass is 79.9. The standard InChI is InChI=1S/C10H21BrO4S2/c1-4-10(5-2,8-11)9-17(14,15)7-6-16(3,12)13/h4-9H2,1-3H3. The van der Waals surface area contributed by atoms with Crippen LogP contribution in [-0.4, -0.2) is 45.7 Å². The fourth-order valence-corrected chi connectivity index (χ4v) is 6.57. The van der Waals surface area contributed by atoms with Crippen LogP contribution < -0.4 is 0 Å². The Morgan fingerprint density at radius 3 is 1.76 bits per heavy atom. The third kappa shape index (κ3) is 6.76. The van der Waals surface area contributed by atoms with Gasteiger partial charge in [0.05, 0.1) is 17.3 Å². The van der Waals surface area contributed by atoms with E-state index in [0.29, 0.717) is 5.33 Å². The molecule has 0 spiro atoms. The monoisotopic (exact) mass is 348 g/mol. The smallest absolute Gasteiger partial charge is 0.151 e. The van der Waals surface area contributed by atoms with Gasteiger partial charge in [0.15, 0.2) is 9.84 Å². The van der Waals surface area contributed by atoms with E-state index in [-0.39, 0.29) is 22.7 Å². The molecule has 0 aliphatic heterocycles. The van der Waals surface area contributed by atoms with E-state index >= 15 is 0 Å². The third-order valence-electron chi connectivity index (χ3n) is 3.07. The first-order valence-electron chi connectivity index (χ1n) is 5.54. The molecule has 7 heteroatoms. The maximum Gasteiger partial charge on any atom is 0.151 e. The van der Waals surface area contributed by atoms with Crippen LogP contribution in [0.3, 0.4) is 0 Å². The Morgan fingerprint density at radius 2 is 1.47 bits per heavy atom. The number of rotatable bonds is 8. The second kappa shape index (κ2) is 6.52. The number of alkyl halides is 1. The van der Waals surface area contributed by atoms with E-state index in [2.05, 4.69) is 15.9 Å². The van der Waals surface area contributed by atoms with Gasteiger partial charge < -0.3 is 0 Å². The van der Waals surface area contributed by atoms with Crippen LogP contribution in [0.2, 0.25) is 0 Å². The lowest BCUT2D eigenvalue weighted by Gasteiger charge is -2.28. The van der Waals surface area contributed by atoms with Crippen LogP contribution in [-0.2, 0) is 19.7 Å². The van der Waals surface area contributed by atoms with Crippen LogP contribution in [0, 0.1) is 5.41 Å². The highest BCUT2D eigenvalue weighted by Crippen LogP contribution is 2.30. The number of hydrogen-bond acceptors (Lipinski definition) is 4. The summed E-state index contributed by atoms with van der Waals surface area (Å²) in [6.07, 6.45) is 2.57. The second-order valence-corrected chi connectivity index (χ2v) is 9.57. The molecule has 0 saturated heterocycles. The summed E-state index contributed by atoms with van der Waals surface area (Å²) in [7, 11) is -6.54. The van der Waals surface area contributed by atoms with Crippen LogP contribution in [0.5, 0.6) is 0 Å². The molecule has 0 rings (SSSR count). The van der Waals surface area contributed by atoms with Gasteiger partial charge in [-0.15, -0.1) is 0 Å². The molecule has 17 heavy (non-hydrogen) atoms. The van der Waals surface area contributed by atoms with E-state index < -0.39 is 19.7 Å². The molecule has 0 bridgehead atoms. The zero-order chi connectivity index (χ0) is 13.7. The minimum absolute atomic E-state index is 0.0494. The van der Waals surface area contributed by atoms with Gasteiger partial charge in [0.2, 0.25) is 0 Å². The maximum absolute atomic E-state index is 11.9. The minimum Gasteiger partial charge on any atom is -0.229 e. The molecule has 0 aromatic carbocycles. The first-order valence-corrected chi connectivity index (χ1v) is 10.5. The first kappa shape index (κ1) is 17.4. The molecule has 0 atom stereocenters. The molecule has 104 valence electrons. The van der Waals surface area contributed by atoms with Crippen LogP contribution in [0.25, 0.3) is 0 Å². The molecule has 0 aliphatic carbocycles. The van der Waals surface area contributed by atoms with Crippen molar-refractivity contribution in [1.82, 2.24) is 0 Å². The lowest BCUT2D eigenvalue weighted by atomic mass is 9.87. The van der Waals surface area contributed by atoms with Crippen molar-refractivity contribution in [3.63, 3.8) is 0 Å². The highest BCUT2D eigenvalue weighted by Gasteiger charge is 2.31. The molecule has 0 N–H and O–H groups in total. The van der Waals surface area contributed by atoms with E-state index in [9.17, 15) is 16.8 Å². The fraction of sp³-hybridized carbons (Fsp3) is 1.00. The van der Waals surface area contributed by atoms with E-state index in [4.69, 9.17) is 0 Å². The summed E-state index contributed by atoms with van der Waals surface area (Å²) >= 11 is 3.35. The number of sulfone groups is 2. The van der Waals surface area contributed by atoms with Gasteiger partial charge in [0.1, 0.15) is 9.84 Å². The van der Waals surface area contributed by atoms with Gasteiger partial charge >= 0.3 is 0 Å². The van der Waals surface area contributed by atoms with Crippen molar-refractivity contribution < 1.29 is 16.8 Å². The molecule has 0 aliphatic rings. The van der Waals surface area contributed by atoms with Crippen molar-refractivity contribution in [3.8, 4) is 0 Å². The predicted molar refractivity (Wildman–Crippen MR) is 75.2 cm³/mol. The molecule has 4 nitrogen and oxygen atoms in total. The molecule has 0 unspecified atom stereocenters. The van der Waals surface area contributed by atoms with Gasteiger partial charge in [-0.25, -0.2) is 16.8 Å². The maximum atomic E-state index is 11.9. The second-order valence-electron chi connectivity index (χ2n) is 4.56. The van der Waals surface area contributed by atoms with E-state index in [1.165, 1.54) is 0 Å². The van der Waals surface area contributed by atoms with Crippen molar-refractivity contribution in [2.75, 3.05) is 28.8 Å². The SMILES string of the molecule is CCC(CC)(CBr)CS(=O)(=O)CCS(C)(=O)=O. The Balaban J connectivity index is 4.75. The molecule has 0 aromatic heterocycles. The largest absolute Gasteiger partial charge is 0.229 e. The quantitative estimate of drug-likeness (QED) is 0.625. The first-order chi connectivity index (χ1) is 7.60. The van der Waals surface area contributed by atoms with Crippen molar-refractivity contribution in [1.29, 1.82) is 0 Å². The van der Waals surface area contributed by atoms with Gasteiger partial charge in [-0.1, -0.05) is 29.8 Å². The van der Waals surface area contributed by atoms with Crippen LogP contribution in [0.15, 0.2) is 0 Å². The number of hydrogen-bond donors (Lipinski definition) is 0. The van der Waals surface area contributed by atoms with E-state index in [1.807, 2.05) is 13.8 Å². The van der Waals surface area contributed by atoms with Crippen molar-refractivity contribution in [2.45, 2.75) is 26.7 Å². The van der Waals surface area contributed by atoms with Crippen molar-refractivity contribution in [3.05, 3.63) is 0 Å². The Hall–Kier alpha value is 0.380. The average Bonchev–Trinajstić information content (AvgIpc) is 2.23. The Labute approximate surface area is 113 Å². The summed E-state index contributed by atoms with van der Waals surface area (Å²) < 4.78 is 45.7. The summed E-state index contributed by atoms with van der Waals surface area (Å²) in [4.78, 5) is 0. The molecular weight excluding hydrogens is 328 g/mol. The minimum atomic E-state index is -3.32. The third-order valence-corrected chi connectivity index (χ3v) is 7.35. The summed E-state index contributed by atoms with van der Waals surface area (Å²) in [6.45, 7) is 3.91. The molecule has 0 amide bonds. The number of halogens is 1. The zero-order valence-corrected chi connectivity index (χ0v) is 13.8. The molecule has 0 saturated carbocycles. The summed E-state index contributed by atoms with van der Waals surface area (Å²) in [6, 6.07) is 0. The predicted octanol–water partition coefficient (Wildman–Crippen LogP) is 1.65. The Bertz CT molecular complexity index is 413. The Kier molecular flexibility index (Phi) is 6.66. The van der Waals surface area contributed by atoms with Crippen LogP contribution in [0.4, 0.5) is 0 Å². The molecule has 0 fully saturated rings. The van der Waals surface area contributed by atoms with Crippen molar-refractivity contribution in [2.24, 2.45) is 5.41 Å². The summed E-state index contributed by atoms with van der Waals surface area (Å²) in [5.41, 5.74) is -0.281. The highest BCUT2D eigenvalue weighted by molar-refractivity contribution is 9.09. The van der Waals surface area contributed by atoms with Gasteiger partial charge in [0.25, 0.3) is 0 Å². The lowest BCUT2D eigenvalue weighted by molar-refractivity contribution is 0.351. The average molecular weight is 349 g/mol. The molecule has 0 radical (unpaired) electrons. The summed E-state index contributed by atoms with van der Waals surface area (Å²) in [5.74, 6) is -0.518. The Morgan fingerprint density at radius 1 is 1.00 bits per heavy atom. The van der Waals surface area contributed by atoms with Crippen LogP contribution >= 0.6 is 15.9 Å². The lowest BCUT2D eigenvalue weighted by Crippen LogP contribution is -2.33.